The van der Waals surface area contributed by atoms with Crippen LogP contribution in [0.25, 0.3) is 0 Å². The number of piperidine rings is 1. The number of hydrogen-bond acceptors (Lipinski definition) is 4. The number of carbonyl (C=O) groups excluding carboxylic acids is 2. The van der Waals surface area contributed by atoms with Crippen LogP contribution in [0.2, 0.25) is 0 Å². The molecule has 4 rings (SSSR count). The Bertz CT molecular complexity index is 1150. The molecule has 2 N–H and O–H groups in total. The molecule has 0 saturated carbocycles. The number of carbonyl (C=O) groups is 2. The summed E-state index contributed by atoms with van der Waals surface area (Å²) < 4.78 is 6.04. The molecule has 1 saturated heterocycles. The molecular weight excluding hydrogens is 440 g/mol. The van der Waals surface area contributed by atoms with Gasteiger partial charge in [-0.25, -0.2) is 0 Å². The molecule has 2 aromatic carbocycles. The lowest BCUT2D eigenvalue weighted by Crippen LogP contribution is -2.51. The first-order valence-corrected chi connectivity index (χ1v) is 12.2. The Morgan fingerprint density at radius 3 is 2.40 bits per heavy atom. The lowest BCUT2D eigenvalue weighted by Gasteiger charge is -2.44. The number of hydrogen-bond donors (Lipinski definition) is 2. The summed E-state index contributed by atoms with van der Waals surface area (Å²) in [7, 11) is 1.71. The quantitative estimate of drug-likeness (QED) is 0.664. The third kappa shape index (κ3) is 4.98. The minimum absolute atomic E-state index is 0.00191. The van der Waals surface area contributed by atoms with Gasteiger partial charge in [0, 0.05) is 43.2 Å². The van der Waals surface area contributed by atoms with Gasteiger partial charge in [0.15, 0.2) is 0 Å². The third-order valence-corrected chi connectivity index (χ3v) is 7.16. The molecule has 2 aromatic rings. The maximum absolute atomic E-state index is 13.2. The Morgan fingerprint density at radius 2 is 1.80 bits per heavy atom. The van der Waals surface area contributed by atoms with Crippen molar-refractivity contribution in [2.75, 3.05) is 20.2 Å². The van der Waals surface area contributed by atoms with Crippen molar-refractivity contribution < 1.29 is 19.4 Å². The number of nitrogens with zero attached hydrogens (tertiary/aromatic N) is 1. The first-order chi connectivity index (χ1) is 16.7. The van der Waals surface area contributed by atoms with Crippen LogP contribution in [0.1, 0.15) is 73.1 Å². The van der Waals surface area contributed by atoms with E-state index in [-0.39, 0.29) is 29.4 Å². The molecule has 1 aliphatic heterocycles. The molecule has 0 unspecified atom stereocenters. The number of methoxy groups -OCH3 is 1. The van der Waals surface area contributed by atoms with Crippen LogP contribution in [0.5, 0.6) is 0 Å². The Labute approximate surface area is 207 Å². The largest absolute Gasteiger partial charge is 0.378 e. The van der Waals surface area contributed by atoms with Crippen molar-refractivity contribution >= 4 is 11.8 Å². The molecule has 1 spiro atoms. The SMILES string of the molecule is CCC(=O)N[C@@H]1c2ccccc2C2(CCN(C(=O)c3ccc(C#CC(C)(C)O)cc3)CC2)[C@H]1OC. The lowest BCUT2D eigenvalue weighted by atomic mass is 9.71. The first kappa shape index (κ1) is 25.0. The zero-order chi connectivity index (χ0) is 25.2. The fourth-order valence-corrected chi connectivity index (χ4v) is 5.41. The Morgan fingerprint density at radius 1 is 1.14 bits per heavy atom. The monoisotopic (exact) mass is 474 g/mol. The predicted molar refractivity (Wildman–Crippen MR) is 135 cm³/mol. The van der Waals surface area contributed by atoms with Gasteiger partial charge in [-0.15, -0.1) is 0 Å². The Hall–Kier alpha value is -3.14. The highest BCUT2D eigenvalue weighted by Gasteiger charge is 2.54. The van der Waals surface area contributed by atoms with Gasteiger partial charge in [0.25, 0.3) is 5.91 Å². The molecule has 184 valence electrons. The normalized spacial score (nSPS) is 20.7. The smallest absolute Gasteiger partial charge is 0.253 e. The number of amides is 2. The van der Waals surface area contributed by atoms with Gasteiger partial charge in [0.1, 0.15) is 5.60 Å². The number of ether oxygens (including phenoxy) is 1. The highest BCUT2D eigenvalue weighted by Crippen LogP contribution is 2.52. The van der Waals surface area contributed by atoms with E-state index in [0.717, 1.165) is 24.0 Å². The molecule has 6 nitrogen and oxygen atoms in total. The second-order valence-electron chi connectivity index (χ2n) is 9.98. The van der Waals surface area contributed by atoms with Crippen LogP contribution in [-0.4, -0.2) is 53.7 Å². The highest BCUT2D eigenvalue weighted by molar-refractivity contribution is 5.94. The van der Waals surface area contributed by atoms with E-state index in [2.05, 4.69) is 29.3 Å². The third-order valence-electron chi connectivity index (χ3n) is 7.16. The summed E-state index contributed by atoms with van der Waals surface area (Å²) in [6, 6.07) is 15.3. The van der Waals surface area contributed by atoms with Gasteiger partial charge >= 0.3 is 0 Å². The van der Waals surface area contributed by atoms with Gasteiger partial charge in [-0.05, 0) is 62.1 Å². The highest BCUT2D eigenvalue weighted by atomic mass is 16.5. The van der Waals surface area contributed by atoms with Crippen molar-refractivity contribution in [2.45, 2.75) is 63.2 Å². The second-order valence-corrected chi connectivity index (χ2v) is 9.98. The van der Waals surface area contributed by atoms with Crippen molar-refractivity contribution in [1.82, 2.24) is 10.2 Å². The minimum atomic E-state index is -1.06. The minimum Gasteiger partial charge on any atom is -0.378 e. The van der Waals surface area contributed by atoms with Crippen LogP contribution in [0, 0.1) is 11.8 Å². The van der Waals surface area contributed by atoms with Crippen LogP contribution in [0.15, 0.2) is 48.5 Å². The summed E-state index contributed by atoms with van der Waals surface area (Å²) in [5, 5.41) is 13.0. The first-order valence-electron chi connectivity index (χ1n) is 12.2. The van der Waals surface area contributed by atoms with E-state index in [1.54, 1.807) is 33.1 Å². The second kappa shape index (κ2) is 9.85. The molecular formula is C29H34N2O4. The van der Waals surface area contributed by atoms with Crippen LogP contribution < -0.4 is 5.32 Å². The van der Waals surface area contributed by atoms with Gasteiger partial charge in [0.05, 0.1) is 12.1 Å². The molecule has 0 radical (unpaired) electrons. The van der Waals surface area contributed by atoms with Crippen LogP contribution in [-0.2, 0) is 14.9 Å². The molecule has 1 fully saturated rings. The average molecular weight is 475 g/mol. The molecule has 2 amide bonds. The summed E-state index contributed by atoms with van der Waals surface area (Å²) in [5.41, 5.74) is 2.41. The molecule has 2 aliphatic rings. The number of benzene rings is 2. The molecule has 2 atom stereocenters. The maximum Gasteiger partial charge on any atom is 0.253 e. The zero-order valence-corrected chi connectivity index (χ0v) is 20.9. The fraction of sp³-hybridized carbons (Fsp3) is 0.448. The summed E-state index contributed by atoms with van der Waals surface area (Å²) in [4.78, 5) is 27.4. The number of likely N-dealkylation sites (tertiary alicyclic amines) is 1. The fourth-order valence-electron chi connectivity index (χ4n) is 5.41. The molecule has 35 heavy (non-hydrogen) atoms. The van der Waals surface area contributed by atoms with E-state index in [4.69, 9.17) is 4.74 Å². The number of fused-ring (bicyclic) bond motifs is 2. The van der Waals surface area contributed by atoms with Gasteiger partial charge in [-0.2, -0.15) is 0 Å². The summed E-state index contributed by atoms with van der Waals surface area (Å²) >= 11 is 0. The number of nitrogens with one attached hydrogen (secondary N) is 1. The lowest BCUT2D eigenvalue weighted by molar-refractivity contribution is -0.123. The van der Waals surface area contributed by atoms with Gasteiger partial charge in [-0.1, -0.05) is 43.0 Å². The van der Waals surface area contributed by atoms with Gasteiger partial charge < -0.3 is 20.1 Å². The van der Waals surface area contributed by atoms with Crippen LogP contribution in [0.3, 0.4) is 0 Å². The Balaban J connectivity index is 1.51. The number of rotatable bonds is 4. The molecule has 6 heteroatoms. The summed E-state index contributed by atoms with van der Waals surface area (Å²) in [6.07, 6.45) is 1.78. The van der Waals surface area contributed by atoms with Crippen molar-refractivity contribution in [3.8, 4) is 11.8 Å². The van der Waals surface area contributed by atoms with Gasteiger partial charge in [0.2, 0.25) is 5.91 Å². The maximum atomic E-state index is 13.2. The summed E-state index contributed by atoms with van der Waals surface area (Å²) in [5.74, 6) is 5.73. The van der Waals surface area contributed by atoms with Crippen molar-refractivity contribution in [3.63, 3.8) is 0 Å². The zero-order valence-electron chi connectivity index (χ0n) is 20.9. The van der Waals surface area contributed by atoms with E-state index in [1.165, 1.54) is 5.56 Å². The van der Waals surface area contributed by atoms with Crippen molar-refractivity contribution in [1.29, 1.82) is 0 Å². The molecule has 0 bridgehead atoms. The molecule has 1 aliphatic carbocycles. The van der Waals surface area contributed by atoms with E-state index in [1.807, 2.05) is 36.1 Å². The van der Waals surface area contributed by atoms with Crippen LogP contribution >= 0.6 is 0 Å². The topological polar surface area (TPSA) is 78.9 Å². The Kier molecular flexibility index (Phi) is 7.02. The summed E-state index contributed by atoms with van der Waals surface area (Å²) in [6.45, 7) is 6.35. The van der Waals surface area contributed by atoms with E-state index in [9.17, 15) is 14.7 Å². The predicted octanol–water partition coefficient (Wildman–Crippen LogP) is 3.58. The van der Waals surface area contributed by atoms with Crippen LogP contribution in [0.4, 0.5) is 0 Å². The van der Waals surface area contributed by atoms with Gasteiger partial charge in [-0.3, -0.25) is 9.59 Å². The van der Waals surface area contributed by atoms with E-state index < -0.39 is 5.60 Å². The standard InChI is InChI=1S/C29H34N2O4/c1-5-24(32)30-25-22-8-6-7-9-23(22)29(26(25)35-4)16-18-31(19-17-29)27(33)21-12-10-20(11-13-21)14-15-28(2,3)34/h6-13,25-26,34H,5,16-19H2,1-4H3,(H,30,32)/t25-,26+/m1/s1. The molecule has 0 aromatic heterocycles. The van der Waals surface area contributed by atoms with E-state index in [0.29, 0.717) is 25.1 Å². The van der Waals surface area contributed by atoms with Crippen molar-refractivity contribution in [3.05, 3.63) is 70.8 Å². The van der Waals surface area contributed by atoms with E-state index >= 15 is 0 Å². The molecule has 1 heterocycles. The van der Waals surface area contributed by atoms with Crippen molar-refractivity contribution in [2.24, 2.45) is 0 Å². The number of aliphatic hydroxyl groups is 1. The average Bonchev–Trinajstić information content (AvgIpc) is 3.11.